The van der Waals surface area contributed by atoms with Gasteiger partial charge in [-0.1, -0.05) is 17.3 Å². The van der Waals surface area contributed by atoms with Crippen molar-refractivity contribution >= 4 is 22.7 Å². The second-order valence-electron chi connectivity index (χ2n) is 6.48. The summed E-state index contributed by atoms with van der Waals surface area (Å²) in [5.74, 6) is 3.17. The Labute approximate surface area is 151 Å². The van der Waals surface area contributed by atoms with Crippen molar-refractivity contribution in [3.05, 3.63) is 36.0 Å². The van der Waals surface area contributed by atoms with Crippen LogP contribution in [0.25, 0.3) is 10.9 Å². The molecule has 1 fully saturated rings. The summed E-state index contributed by atoms with van der Waals surface area (Å²) in [5.41, 5.74) is 0.896. The van der Waals surface area contributed by atoms with E-state index >= 15 is 0 Å². The molecule has 1 aliphatic heterocycles. The van der Waals surface area contributed by atoms with Gasteiger partial charge in [-0.3, -0.25) is 0 Å². The Hall–Kier alpha value is -2.74. The first kappa shape index (κ1) is 16.7. The minimum absolute atomic E-state index is 0.0582. The number of para-hydroxylation sites is 1. The molecule has 1 aromatic carbocycles. The van der Waals surface area contributed by atoms with Crippen molar-refractivity contribution in [2.75, 3.05) is 36.5 Å². The van der Waals surface area contributed by atoms with Gasteiger partial charge in [-0.05, 0) is 31.9 Å². The first-order valence-electron chi connectivity index (χ1n) is 8.91. The van der Waals surface area contributed by atoms with Gasteiger partial charge in [-0.25, -0.2) is 4.98 Å². The van der Waals surface area contributed by atoms with Crippen molar-refractivity contribution in [3.63, 3.8) is 0 Å². The molecule has 3 aromatic rings. The molecule has 0 atom stereocenters. The van der Waals surface area contributed by atoms with Gasteiger partial charge in [0, 0.05) is 30.9 Å². The first-order chi connectivity index (χ1) is 12.7. The van der Waals surface area contributed by atoms with E-state index in [2.05, 4.69) is 20.4 Å². The number of nitrogens with zero attached hydrogens (tertiary/aromatic N) is 5. The summed E-state index contributed by atoms with van der Waals surface area (Å²) in [5, 5.41) is 17.2. The second-order valence-corrected chi connectivity index (χ2v) is 6.48. The Balaban J connectivity index is 1.55. The molecule has 26 heavy (non-hydrogen) atoms. The maximum atomic E-state index is 9.12. The molecule has 1 saturated heterocycles. The van der Waals surface area contributed by atoms with E-state index in [0.717, 1.165) is 48.5 Å². The molecule has 0 bridgehead atoms. The van der Waals surface area contributed by atoms with Crippen LogP contribution in [0.2, 0.25) is 0 Å². The van der Waals surface area contributed by atoms with E-state index in [-0.39, 0.29) is 6.61 Å². The Morgan fingerprint density at radius 2 is 2.00 bits per heavy atom. The highest BCUT2D eigenvalue weighted by Gasteiger charge is 2.26. The van der Waals surface area contributed by atoms with Crippen LogP contribution in [0.4, 0.5) is 11.8 Å². The molecule has 8 nitrogen and oxygen atoms in total. The van der Waals surface area contributed by atoms with Crippen LogP contribution in [0.5, 0.6) is 0 Å². The molecule has 3 heterocycles. The molecule has 136 valence electrons. The number of aliphatic hydroxyl groups is 1. The van der Waals surface area contributed by atoms with Crippen molar-refractivity contribution in [1.29, 1.82) is 0 Å². The molecule has 0 spiro atoms. The third kappa shape index (κ3) is 3.32. The lowest BCUT2D eigenvalue weighted by Crippen LogP contribution is -2.34. The van der Waals surface area contributed by atoms with Crippen molar-refractivity contribution in [1.82, 2.24) is 20.1 Å². The Bertz CT molecular complexity index is 888. The highest BCUT2D eigenvalue weighted by molar-refractivity contribution is 5.90. The molecule has 0 amide bonds. The number of aromatic nitrogens is 4. The monoisotopic (exact) mass is 354 g/mol. The highest BCUT2D eigenvalue weighted by atomic mass is 16.5. The number of aryl methyl sites for hydroxylation is 1. The molecule has 2 N–H and O–H groups in total. The number of fused-ring (bicyclic) bond motifs is 1. The zero-order valence-electron chi connectivity index (χ0n) is 14.7. The molecule has 4 rings (SSSR count). The van der Waals surface area contributed by atoms with Gasteiger partial charge in [-0.15, -0.1) is 0 Å². The SMILES string of the molecule is Cc1noc(C2CCN(c3nc(NCCO)c4ccccc4n3)CC2)n1. The topological polar surface area (TPSA) is 100 Å². The molecular formula is C18H22N6O2. The molecular weight excluding hydrogens is 332 g/mol. The smallest absolute Gasteiger partial charge is 0.229 e. The van der Waals surface area contributed by atoms with Gasteiger partial charge >= 0.3 is 0 Å². The predicted molar refractivity (Wildman–Crippen MR) is 98.3 cm³/mol. The summed E-state index contributed by atoms with van der Waals surface area (Å²) in [6.45, 7) is 4.03. The van der Waals surface area contributed by atoms with Crippen LogP contribution in [0, 0.1) is 6.92 Å². The number of piperidine rings is 1. The third-order valence-electron chi connectivity index (χ3n) is 4.67. The summed E-state index contributed by atoms with van der Waals surface area (Å²) < 4.78 is 5.32. The van der Waals surface area contributed by atoms with E-state index < -0.39 is 0 Å². The number of aliphatic hydroxyl groups excluding tert-OH is 1. The van der Waals surface area contributed by atoms with Crippen LogP contribution in [-0.2, 0) is 0 Å². The van der Waals surface area contributed by atoms with Crippen LogP contribution < -0.4 is 10.2 Å². The van der Waals surface area contributed by atoms with Gasteiger partial charge in [0.2, 0.25) is 11.8 Å². The van der Waals surface area contributed by atoms with Crippen LogP contribution in [-0.4, -0.2) is 51.5 Å². The summed E-state index contributed by atoms with van der Waals surface area (Å²) >= 11 is 0. The summed E-state index contributed by atoms with van der Waals surface area (Å²) in [4.78, 5) is 16.0. The van der Waals surface area contributed by atoms with Crippen molar-refractivity contribution in [2.24, 2.45) is 0 Å². The van der Waals surface area contributed by atoms with Crippen LogP contribution in [0.1, 0.15) is 30.5 Å². The van der Waals surface area contributed by atoms with Gasteiger partial charge in [0.15, 0.2) is 5.82 Å². The van der Waals surface area contributed by atoms with Crippen LogP contribution >= 0.6 is 0 Å². The van der Waals surface area contributed by atoms with Gasteiger partial charge in [-0.2, -0.15) is 9.97 Å². The van der Waals surface area contributed by atoms with Crippen molar-refractivity contribution in [3.8, 4) is 0 Å². The average Bonchev–Trinajstić information content (AvgIpc) is 3.12. The van der Waals surface area contributed by atoms with Gasteiger partial charge < -0.3 is 19.8 Å². The molecule has 0 radical (unpaired) electrons. The first-order valence-corrected chi connectivity index (χ1v) is 8.91. The number of anilines is 2. The third-order valence-corrected chi connectivity index (χ3v) is 4.67. The minimum Gasteiger partial charge on any atom is -0.395 e. The normalized spacial score (nSPS) is 15.5. The van der Waals surface area contributed by atoms with E-state index in [1.807, 2.05) is 31.2 Å². The van der Waals surface area contributed by atoms with Gasteiger partial charge in [0.1, 0.15) is 5.82 Å². The zero-order valence-corrected chi connectivity index (χ0v) is 14.7. The van der Waals surface area contributed by atoms with Crippen molar-refractivity contribution in [2.45, 2.75) is 25.7 Å². The maximum absolute atomic E-state index is 9.12. The lowest BCUT2D eigenvalue weighted by Gasteiger charge is -2.30. The Kier molecular flexibility index (Phi) is 4.66. The number of hydrogen-bond donors (Lipinski definition) is 2. The molecule has 0 saturated carbocycles. The quantitative estimate of drug-likeness (QED) is 0.718. The Morgan fingerprint density at radius 1 is 1.19 bits per heavy atom. The largest absolute Gasteiger partial charge is 0.395 e. The van der Waals surface area contributed by atoms with Crippen LogP contribution in [0.3, 0.4) is 0 Å². The summed E-state index contributed by atoms with van der Waals surface area (Å²) in [6.07, 6.45) is 1.86. The van der Waals surface area contributed by atoms with Gasteiger partial charge in [0.05, 0.1) is 12.1 Å². The zero-order chi connectivity index (χ0) is 17.9. The van der Waals surface area contributed by atoms with E-state index in [0.29, 0.717) is 24.2 Å². The standard InChI is InChI=1S/C18H22N6O2/c1-12-20-17(26-23-12)13-6-9-24(10-7-13)18-21-15-5-3-2-4-14(15)16(22-18)19-8-11-25/h2-5,13,25H,6-11H2,1H3,(H,19,21,22). The fraction of sp³-hybridized carbons (Fsp3) is 0.444. The fourth-order valence-electron chi connectivity index (χ4n) is 3.32. The molecule has 0 unspecified atom stereocenters. The summed E-state index contributed by atoms with van der Waals surface area (Å²) in [7, 11) is 0. The fourth-order valence-corrected chi connectivity index (χ4v) is 3.32. The van der Waals surface area contributed by atoms with E-state index in [1.165, 1.54) is 0 Å². The lowest BCUT2D eigenvalue weighted by molar-refractivity contribution is 0.311. The lowest BCUT2D eigenvalue weighted by atomic mass is 9.97. The minimum atomic E-state index is 0.0582. The number of hydrogen-bond acceptors (Lipinski definition) is 8. The maximum Gasteiger partial charge on any atom is 0.229 e. The summed E-state index contributed by atoms with van der Waals surface area (Å²) in [6, 6.07) is 7.91. The van der Waals surface area contributed by atoms with Gasteiger partial charge in [0.25, 0.3) is 0 Å². The number of rotatable bonds is 5. The molecule has 0 aliphatic carbocycles. The van der Waals surface area contributed by atoms with E-state index in [4.69, 9.17) is 19.6 Å². The molecule has 8 heteroatoms. The second kappa shape index (κ2) is 7.25. The molecule has 1 aliphatic rings. The molecule has 2 aromatic heterocycles. The van der Waals surface area contributed by atoms with E-state index in [9.17, 15) is 0 Å². The number of nitrogens with one attached hydrogen (secondary N) is 1. The highest BCUT2D eigenvalue weighted by Crippen LogP contribution is 2.30. The Morgan fingerprint density at radius 3 is 2.73 bits per heavy atom. The van der Waals surface area contributed by atoms with E-state index in [1.54, 1.807) is 0 Å². The number of benzene rings is 1. The average molecular weight is 354 g/mol. The van der Waals surface area contributed by atoms with Crippen LogP contribution in [0.15, 0.2) is 28.8 Å². The predicted octanol–water partition coefficient (Wildman–Crippen LogP) is 2.11. The van der Waals surface area contributed by atoms with Crippen molar-refractivity contribution < 1.29 is 9.63 Å².